The summed E-state index contributed by atoms with van der Waals surface area (Å²) >= 11 is 0. The number of piperazine rings is 1. The Morgan fingerprint density at radius 2 is 1.62 bits per heavy atom. The fourth-order valence-electron chi connectivity index (χ4n) is 4.35. The van der Waals surface area contributed by atoms with Crippen molar-refractivity contribution in [1.82, 2.24) is 20.0 Å². The van der Waals surface area contributed by atoms with Crippen LogP contribution >= 0.6 is 0 Å². The van der Waals surface area contributed by atoms with Crippen molar-refractivity contribution in [2.45, 2.75) is 6.54 Å². The molecule has 2 amide bonds. The van der Waals surface area contributed by atoms with E-state index in [0.29, 0.717) is 43.4 Å². The lowest BCUT2D eigenvalue weighted by Gasteiger charge is -2.36. The van der Waals surface area contributed by atoms with Crippen LogP contribution in [0.25, 0.3) is 11.3 Å². The topological polar surface area (TPSA) is 97.3 Å². The number of aromatic nitrogens is 2. The molecule has 11 heteroatoms. The standard InChI is InChI=1S/C28H32FN5O5/c1-37-19-28(36)34(17-20-4-7-22(29)8-5-20)18-27(35)33-14-12-32(13-15-33)26-11-9-23(30-31-26)21-6-10-24(38-2)25(16-21)39-3/h4-11,16H,12-15,17-19H2,1-3H3. The number of carbonyl (C=O) groups is 2. The third-order valence-electron chi connectivity index (χ3n) is 6.52. The Bertz CT molecular complexity index is 1260. The number of halogens is 1. The van der Waals surface area contributed by atoms with Gasteiger partial charge in [0.05, 0.1) is 19.9 Å². The molecule has 39 heavy (non-hydrogen) atoms. The van der Waals surface area contributed by atoms with Gasteiger partial charge in [-0.1, -0.05) is 12.1 Å². The molecule has 0 spiro atoms. The first-order valence-electron chi connectivity index (χ1n) is 12.5. The smallest absolute Gasteiger partial charge is 0.249 e. The molecule has 2 aromatic carbocycles. The molecular formula is C28H32FN5O5. The third-order valence-corrected chi connectivity index (χ3v) is 6.52. The molecule has 1 aliphatic rings. The van der Waals surface area contributed by atoms with Crippen LogP contribution in [0.5, 0.6) is 11.5 Å². The minimum Gasteiger partial charge on any atom is -0.493 e. The van der Waals surface area contributed by atoms with E-state index in [1.54, 1.807) is 31.3 Å². The van der Waals surface area contributed by atoms with E-state index in [-0.39, 0.29) is 37.3 Å². The van der Waals surface area contributed by atoms with Crippen LogP contribution in [0.15, 0.2) is 54.6 Å². The van der Waals surface area contributed by atoms with Crippen molar-refractivity contribution in [3.63, 3.8) is 0 Å². The van der Waals surface area contributed by atoms with E-state index in [2.05, 4.69) is 15.1 Å². The van der Waals surface area contributed by atoms with Crippen LogP contribution in [0, 0.1) is 5.82 Å². The van der Waals surface area contributed by atoms with Gasteiger partial charge in [-0.25, -0.2) is 4.39 Å². The molecule has 2 heterocycles. The normalized spacial score (nSPS) is 13.2. The number of hydrogen-bond acceptors (Lipinski definition) is 8. The summed E-state index contributed by atoms with van der Waals surface area (Å²) in [5, 5.41) is 8.78. The summed E-state index contributed by atoms with van der Waals surface area (Å²) < 4.78 is 28.9. The summed E-state index contributed by atoms with van der Waals surface area (Å²) in [5.41, 5.74) is 2.29. The van der Waals surface area contributed by atoms with Crippen molar-refractivity contribution >= 4 is 17.6 Å². The van der Waals surface area contributed by atoms with Gasteiger partial charge < -0.3 is 28.9 Å². The zero-order valence-corrected chi connectivity index (χ0v) is 22.3. The van der Waals surface area contributed by atoms with Crippen LogP contribution in [-0.2, 0) is 20.9 Å². The summed E-state index contributed by atoms with van der Waals surface area (Å²) in [4.78, 5) is 30.9. The van der Waals surface area contributed by atoms with Crippen molar-refractivity contribution in [1.29, 1.82) is 0 Å². The van der Waals surface area contributed by atoms with Crippen molar-refractivity contribution in [2.75, 3.05) is 65.6 Å². The Morgan fingerprint density at radius 1 is 0.897 bits per heavy atom. The predicted octanol–water partition coefficient (Wildman–Crippen LogP) is 2.62. The average Bonchev–Trinajstić information content (AvgIpc) is 2.97. The summed E-state index contributed by atoms with van der Waals surface area (Å²) in [6.07, 6.45) is 0. The fourth-order valence-corrected chi connectivity index (χ4v) is 4.35. The monoisotopic (exact) mass is 537 g/mol. The first kappa shape index (κ1) is 27.8. The number of ether oxygens (including phenoxy) is 3. The second-order valence-corrected chi connectivity index (χ2v) is 9.02. The first-order chi connectivity index (χ1) is 18.9. The Morgan fingerprint density at radius 3 is 2.23 bits per heavy atom. The lowest BCUT2D eigenvalue weighted by atomic mass is 10.1. The van der Waals surface area contributed by atoms with Crippen LogP contribution in [0.2, 0.25) is 0 Å². The summed E-state index contributed by atoms with van der Waals surface area (Å²) in [5.74, 6) is 1.15. The zero-order valence-electron chi connectivity index (χ0n) is 22.3. The minimum atomic E-state index is -0.359. The van der Waals surface area contributed by atoms with E-state index in [4.69, 9.17) is 14.2 Å². The maximum Gasteiger partial charge on any atom is 0.249 e. The van der Waals surface area contributed by atoms with Gasteiger partial charge in [-0.3, -0.25) is 9.59 Å². The van der Waals surface area contributed by atoms with Gasteiger partial charge in [0.15, 0.2) is 17.3 Å². The van der Waals surface area contributed by atoms with Gasteiger partial charge in [0.1, 0.15) is 19.0 Å². The van der Waals surface area contributed by atoms with Crippen molar-refractivity contribution < 1.29 is 28.2 Å². The molecule has 1 saturated heterocycles. The molecule has 206 valence electrons. The fraction of sp³-hybridized carbons (Fsp3) is 0.357. The van der Waals surface area contributed by atoms with Crippen molar-refractivity contribution in [3.05, 3.63) is 66.0 Å². The van der Waals surface area contributed by atoms with E-state index >= 15 is 0 Å². The summed E-state index contributed by atoms with van der Waals surface area (Å²) in [7, 11) is 4.60. The molecule has 1 fully saturated rings. The number of benzene rings is 2. The molecule has 0 atom stereocenters. The molecule has 10 nitrogen and oxygen atoms in total. The molecule has 1 aromatic heterocycles. The number of hydrogen-bond donors (Lipinski definition) is 0. The lowest BCUT2D eigenvalue weighted by molar-refractivity contribution is -0.143. The number of rotatable bonds is 10. The van der Waals surface area contributed by atoms with E-state index in [0.717, 1.165) is 16.9 Å². The first-order valence-corrected chi connectivity index (χ1v) is 12.5. The Labute approximate surface area is 226 Å². The highest BCUT2D eigenvalue weighted by Gasteiger charge is 2.25. The molecule has 0 radical (unpaired) electrons. The number of carbonyl (C=O) groups excluding carboxylic acids is 2. The van der Waals surface area contributed by atoms with Gasteiger partial charge in [0.2, 0.25) is 11.8 Å². The quantitative estimate of drug-likeness (QED) is 0.390. The van der Waals surface area contributed by atoms with Crippen LogP contribution in [0.1, 0.15) is 5.56 Å². The Kier molecular flexibility index (Phi) is 9.27. The molecule has 0 aliphatic carbocycles. The molecule has 0 saturated carbocycles. The van der Waals surface area contributed by atoms with Gasteiger partial charge in [0, 0.05) is 45.4 Å². The van der Waals surface area contributed by atoms with E-state index in [9.17, 15) is 14.0 Å². The van der Waals surface area contributed by atoms with Crippen molar-refractivity contribution in [2.24, 2.45) is 0 Å². The summed E-state index contributed by atoms with van der Waals surface area (Å²) in [6.45, 7) is 2.11. The highest BCUT2D eigenvalue weighted by Crippen LogP contribution is 2.31. The van der Waals surface area contributed by atoms with Crippen molar-refractivity contribution in [3.8, 4) is 22.8 Å². The van der Waals surface area contributed by atoms with Crippen LogP contribution < -0.4 is 14.4 Å². The highest BCUT2D eigenvalue weighted by molar-refractivity contribution is 5.85. The van der Waals surface area contributed by atoms with Gasteiger partial charge in [-0.05, 0) is 48.0 Å². The van der Waals surface area contributed by atoms with E-state index < -0.39 is 0 Å². The maximum absolute atomic E-state index is 13.3. The number of nitrogens with zero attached hydrogens (tertiary/aromatic N) is 5. The van der Waals surface area contributed by atoms with Gasteiger partial charge in [-0.15, -0.1) is 10.2 Å². The molecule has 0 N–H and O–H groups in total. The molecule has 0 unspecified atom stereocenters. The average molecular weight is 538 g/mol. The van der Waals surface area contributed by atoms with E-state index in [1.165, 1.54) is 24.1 Å². The highest BCUT2D eigenvalue weighted by atomic mass is 19.1. The Hall–Kier alpha value is -4.25. The summed E-state index contributed by atoms with van der Waals surface area (Å²) in [6, 6.07) is 15.2. The van der Waals surface area contributed by atoms with Crippen LogP contribution in [0.3, 0.4) is 0 Å². The number of amides is 2. The molecule has 1 aliphatic heterocycles. The Balaban J connectivity index is 1.35. The third kappa shape index (κ3) is 6.99. The SMILES string of the molecule is COCC(=O)N(CC(=O)N1CCN(c2ccc(-c3ccc(OC)c(OC)c3)nn2)CC1)Cc1ccc(F)cc1. The second-order valence-electron chi connectivity index (χ2n) is 9.02. The largest absolute Gasteiger partial charge is 0.493 e. The molecule has 0 bridgehead atoms. The number of anilines is 1. The van der Waals surface area contributed by atoms with Crippen LogP contribution in [0.4, 0.5) is 10.2 Å². The van der Waals surface area contributed by atoms with Crippen LogP contribution in [-0.4, -0.2) is 92.5 Å². The minimum absolute atomic E-state index is 0.0839. The lowest BCUT2D eigenvalue weighted by Crippen LogP contribution is -2.52. The zero-order chi connectivity index (χ0) is 27.8. The number of methoxy groups -OCH3 is 3. The molecule has 4 rings (SSSR count). The maximum atomic E-state index is 13.3. The second kappa shape index (κ2) is 13.0. The molecular weight excluding hydrogens is 505 g/mol. The van der Waals surface area contributed by atoms with Gasteiger partial charge in [-0.2, -0.15) is 0 Å². The van der Waals surface area contributed by atoms with Gasteiger partial charge in [0.25, 0.3) is 0 Å². The predicted molar refractivity (Wildman–Crippen MR) is 143 cm³/mol. The molecule has 3 aromatic rings. The van der Waals surface area contributed by atoms with Gasteiger partial charge >= 0.3 is 0 Å². The van der Waals surface area contributed by atoms with E-state index in [1.807, 2.05) is 30.3 Å².